The van der Waals surface area contributed by atoms with E-state index in [1.807, 2.05) is 6.07 Å². The average Bonchev–Trinajstić information content (AvgIpc) is 2.17. The van der Waals surface area contributed by atoms with E-state index >= 15 is 0 Å². The topological polar surface area (TPSA) is 9.23 Å². The first kappa shape index (κ1) is 12.8. The van der Waals surface area contributed by atoms with Crippen molar-refractivity contribution in [2.24, 2.45) is 0 Å². The molecular formula is C12H20OSSi. The van der Waals surface area contributed by atoms with Crippen LogP contribution in [0.15, 0.2) is 35.2 Å². The summed E-state index contributed by atoms with van der Waals surface area (Å²) < 4.78 is 5.61. The van der Waals surface area contributed by atoms with Gasteiger partial charge in [0.15, 0.2) is 0 Å². The number of rotatable bonds is 6. The molecule has 0 aliphatic heterocycles. The van der Waals surface area contributed by atoms with Gasteiger partial charge in [-0.1, -0.05) is 49.6 Å². The number of thioether (sulfide) groups is 1. The Labute approximate surface area is 98.2 Å². The van der Waals surface area contributed by atoms with Crippen LogP contribution in [-0.4, -0.2) is 20.6 Å². The average molecular weight is 240 g/mol. The third-order valence-electron chi connectivity index (χ3n) is 2.05. The summed E-state index contributed by atoms with van der Waals surface area (Å²) in [6.07, 6.45) is 0. The van der Waals surface area contributed by atoms with Crippen molar-refractivity contribution in [3.63, 3.8) is 0 Å². The third-order valence-corrected chi connectivity index (χ3v) is 4.64. The minimum absolute atomic E-state index is 0.772. The van der Waals surface area contributed by atoms with Crippen LogP contribution >= 0.6 is 11.8 Å². The Morgan fingerprint density at radius 2 is 1.80 bits per heavy atom. The molecule has 0 aliphatic carbocycles. The van der Waals surface area contributed by atoms with E-state index in [9.17, 15) is 0 Å². The molecule has 1 rings (SSSR count). The van der Waals surface area contributed by atoms with Gasteiger partial charge in [-0.2, -0.15) is 0 Å². The van der Waals surface area contributed by atoms with Crippen LogP contribution < -0.4 is 0 Å². The zero-order chi connectivity index (χ0) is 11.1. The van der Waals surface area contributed by atoms with Crippen molar-refractivity contribution in [2.45, 2.75) is 30.6 Å². The van der Waals surface area contributed by atoms with Gasteiger partial charge in [0.05, 0.1) is 5.94 Å². The van der Waals surface area contributed by atoms with E-state index in [2.05, 4.69) is 43.9 Å². The summed E-state index contributed by atoms with van der Waals surface area (Å²) in [6, 6.07) is 11.6. The van der Waals surface area contributed by atoms with Crippen molar-refractivity contribution in [1.82, 2.24) is 0 Å². The van der Waals surface area contributed by atoms with Gasteiger partial charge in [0.1, 0.15) is 0 Å². The molecule has 3 heteroatoms. The lowest BCUT2D eigenvalue weighted by Crippen LogP contribution is -2.21. The van der Waals surface area contributed by atoms with Gasteiger partial charge in [-0.25, -0.2) is 0 Å². The zero-order valence-electron chi connectivity index (χ0n) is 9.82. The minimum atomic E-state index is -0.921. The molecule has 0 N–H and O–H groups in total. The van der Waals surface area contributed by atoms with Gasteiger partial charge in [0, 0.05) is 19.6 Å². The number of benzene rings is 1. The molecule has 15 heavy (non-hydrogen) atoms. The maximum atomic E-state index is 5.61. The molecule has 1 aromatic carbocycles. The Morgan fingerprint density at radius 3 is 2.40 bits per heavy atom. The third kappa shape index (κ3) is 6.76. The molecule has 0 fully saturated rings. The molecule has 0 radical (unpaired) electrons. The SMILES string of the molecule is C[Si](C)(C)CCOCSc1ccccc1. The summed E-state index contributed by atoms with van der Waals surface area (Å²) in [5.41, 5.74) is 0. The number of ether oxygens (including phenoxy) is 1. The fourth-order valence-electron chi connectivity index (χ4n) is 1.06. The van der Waals surface area contributed by atoms with Gasteiger partial charge in [0.25, 0.3) is 0 Å². The molecule has 0 saturated carbocycles. The highest BCUT2D eigenvalue weighted by atomic mass is 32.2. The maximum Gasteiger partial charge on any atom is 0.0966 e. The highest BCUT2D eigenvalue weighted by molar-refractivity contribution is 7.99. The van der Waals surface area contributed by atoms with Crippen LogP contribution in [0.1, 0.15) is 0 Å². The lowest BCUT2D eigenvalue weighted by Gasteiger charge is -2.15. The van der Waals surface area contributed by atoms with E-state index in [1.54, 1.807) is 11.8 Å². The van der Waals surface area contributed by atoms with Gasteiger partial charge in [-0.3, -0.25) is 0 Å². The molecule has 0 amide bonds. The van der Waals surface area contributed by atoms with Crippen LogP contribution in [0.5, 0.6) is 0 Å². The summed E-state index contributed by atoms with van der Waals surface area (Å²) in [4.78, 5) is 1.28. The predicted molar refractivity (Wildman–Crippen MR) is 71.3 cm³/mol. The number of hydrogen-bond donors (Lipinski definition) is 0. The molecule has 0 aromatic heterocycles. The molecule has 1 nitrogen and oxygen atoms in total. The van der Waals surface area contributed by atoms with Gasteiger partial charge >= 0.3 is 0 Å². The van der Waals surface area contributed by atoms with E-state index in [1.165, 1.54) is 10.9 Å². The van der Waals surface area contributed by atoms with Crippen molar-refractivity contribution in [1.29, 1.82) is 0 Å². The molecule has 84 valence electrons. The van der Waals surface area contributed by atoms with Gasteiger partial charge in [0.2, 0.25) is 0 Å². The molecule has 1 aromatic rings. The van der Waals surface area contributed by atoms with Crippen LogP contribution in [0.25, 0.3) is 0 Å². The fraction of sp³-hybridized carbons (Fsp3) is 0.500. The molecule has 0 spiro atoms. The van der Waals surface area contributed by atoms with Crippen LogP contribution in [0, 0.1) is 0 Å². The van der Waals surface area contributed by atoms with Gasteiger partial charge < -0.3 is 4.74 Å². The van der Waals surface area contributed by atoms with Crippen LogP contribution in [-0.2, 0) is 4.74 Å². The fourth-order valence-corrected chi connectivity index (χ4v) is 2.51. The van der Waals surface area contributed by atoms with Crippen LogP contribution in [0.2, 0.25) is 25.7 Å². The first-order valence-corrected chi connectivity index (χ1v) is 10.0. The Morgan fingerprint density at radius 1 is 1.13 bits per heavy atom. The lowest BCUT2D eigenvalue weighted by molar-refractivity contribution is 0.198. The Hall–Kier alpha value is -0.253. The summed E-state index contributed by atoms with van der Waals surface area (Å²) in [5.74, 6) is 0.772. The van der Waals surface area contributed by atoms with Crippen molar-refractivity contribution in [3.05, 3.63) is 30.3 Å². The van der Waals surface area contributed by atoms with E-state index in [0.29, 0.717) is 0 Å². The molecule has 0 heterocycles. The van der Waals surface area contributed by atoms with Crippen molar-refractivity contribution >= 4 is 19.8 Å². The molecule has 0 aliphatic rings. The second-order valence-corrected chi connectivity index (χ2v) is 11.4. The van der Waals surface area contributed by atoms with Crippen molar-refractivity contribution in [2.75, 3.05) is 12.5 Å². The highest BCUT2D eigenvalue weighted by Gasteiger charge is 2.11. The van der Waals surface area contributed by atoms with E-state index in [4.69, 9.17) is 4.74 Å². The minimum Gasteiger partial charge on any atom is -0.371 e. The Balaban J connectivity index is 2.08. The van der Waals surface area contributed by atoms with Crippen LogP contribution in [0.3, 0.4) is 0 Å². The molecule has 0 bridgehead atoms. The summed E-state index contributed by atoms with van der Waals surface area (Å²) in [7, 11) is -0.921. The smallest absolute Gasteiger partial charge is 0.0966 e. The molecule has 0 saturated heterocycles. The summed E-state index contributed by atoms with van der Waals surface area (Å²) in [5, 5.41) is 0. The molecule has 0 atom stereocenters. The maximum absolute atomic E-state index is 5.61. The first-order chi connectivity index (χ1) is 7.08. The number of hydrogen-bond acceptors (Lipinski definition) is 2. The standard InChI is InChI=1S/C12H20OSSi/c1-15(2,3)10-9-13-11-14-12-7-5-4-6-8-12/h4-8H,9-11H2,1-3H3. The monoisotopic (exact) mass is 240 g/mol. The predicted octanol–water partition coefficient (Wildman–Crippen LogP) is 4.09. The van der Waals surface area contributed by atoms with E-state index in [-0.39, 0.29) is 0 Å². The van der Waals surface area contributed by atoms with Crippen molar-refractivity contribution < 1.29 is 4.74 Å². The summed E-state index contributed by atoms with van der Waals surface area (Å²) >= 11 is 1.76. The zero-order valence-corrected chi connectivity index (χ0v) is 11.6. The van der Waals surface area contributed by atoms with Gasteiger partial charge in [-0.05, 0) is 18.2 Å². The molecular weight excluding hydrogens is 220 g/mol. The largest absolute Gasteiger partial charge is 0.371 e. The lowest BCUT2D eigenvalue weighted by atomic mass is 10.4. The van der Waals surface area contributed by atoms with Gasteiger partial charge in [-0.15, -0.1) is 0 Å². The summed E-state index contributed by atoms with van der Waals surface area (Å²) in [6.45, 7) is 8.04. The second-order valence-electron chi connectivity index (χ2n) is 4.79. The Kier molecular flexibility index (Phi) is 5.43. The quantitative estimate of drug-likeness (QED) is 0.320. The highest BCUT2D eigenvalue weighted by Crippen LogP contribution is 2.17. The van der Waals surface area contributed by atoms with E-state index < -0.39 is 8.07 Å². The van der Waals surface area contributed by atoms with E-state index in [0.717, 1.165) is 12.5 Å². The van der Waals surface area contributed by atoms with Crippen molar-refractivity contribution in [3.8, 4) is 0 Å². The first-order valence-electron chi connectivity index (χ1n) is 5.33. The molecule has 0 unspecified atom stereocenters. The second kappa shape index (κ2) is 6.36. The Bertz CT molecular complexity index is 269. The van der Waals surface area contributed by atoms with Crippen LogP contribution in [0.4, 0.5) is 0 Å². The normalized spacial score (nSPS) is 11.7.